The Kier molecular flexibility index (Phi) is 10.5. The fourth-order valence-corrected chi connectivity index (χ4v) is 4.64. The second kappa shape index (κ2) is 14.4. The number of ether oxygens (including phenoxy) is 1. The van der Waals surface area contributed by atoms with Gasteiger partial charge in [-0.2, -0.15) is 0 Å². The Morgan fingerprint density at radius 1 is 0.805 bits per heavy atom. The van der Waals surface area contributed by atoms with E-state index >= 15 is 0 Å². The van der Waals surface area contributed by atoms with Crippen molar-refractivity contribution in [1.82, 2.24) is 5.32 Å². The zero-order valence-electron chi connectivity index (χ0n) is 21.8. The van der Waals surface area contributed by atoms with E-state index in [0.29, 0.717) is 38.3 Å². The Morgan fingerprint density at radius 2 is 1.54 bits per heavy atom. The second-order valence-corrected chi connectivity index (χ2v) is 10.5. The lowest BCUT2D eigenvalue weighted by Crippen LogP contribution is -2.30. The molecule has 10 heteroatoms. The Bertz CT molecular complexity index is 1580. The minimum atomic E-state index is -0.510. The number of amides is 3. The summed E-state index contributed by atoms with van der Waals surface area (Å²) in [4.78, 5) is 39.4. The first-order chi connectivity index (χ1) is 19.8. The number of rotatable bonds is 10. The van der Waals surface area contributed by atoms with Crippen molar-refractivity contribution < 1.29 is 19.1 Å². The summed E-state index contributed by atoms with van der Waals surface area (Å²) < 4.78 is 5.20. The Morgan fingerprint density at radius 3 is 2.24 bits per heavy atom. The van der Waals surface area contributed by atoms with Gasteiger partial charge in [-0.15, -0.1) is 11.8 Å². The van der Waals surface area contributed by atoms with Gasteiger partial charge < -0.3 is 20.7 Å². The van der Waals surface area contributed by atoms with E-state index in [1.54, 1.807) is 104 Å². The topological polar surface area (TPSA) is 96.5 Å². The van der Waals surface area contributed by atoms with Crippen LogP contribution in [0.25, 0.3) is 6.08 Å². The van der Waals surface area contributed by atoms with Crippen LogP contribution in [0.3, 0.4) is 0 Å². The maximum absolute atomic E-state index is 13.3. The minimum Gasteiger partial charge on any atom is -0.497 e. The van der Waals surface area contributed by atoms with Gasteiger partial charge >= 0.3 is 0 Å². The third-order valence-electron chi connectivity index (χ3n) is 5.62. The molecule has 0 fully saturated rings. The molecule has 0 saturated carbocycles. The van der Waals surface area contributed by atoms with Crippen LogP contribution in [0.15, 0.2) is 108 Å². The molecule has 4 aromatic rings. The third-order valence-corrected chi connectivity index (χ3v) is 7.35. The molecule has 0 aliphatic heterocycles. The Labute approximate surface area is 251 Å². The number of carbonyl (C=O) groups is 3. The van der Waals surface area contributed by atoms with E-state index in [9.17, 15) is 14.4 Å². The van der Waals surface area contributed by atoms with Gasteiger partial charge in [0.15, 0.2) is 0 Å². The SMILES string of the molecule is COc1ccc(/C=C(/NC(=O)c2ccccc2)C(=O)Nc2cccc(SCC(=O)Nc3ccc(Cl)c(Cl)c3)c2)cc1. The monoisotopic (exact) mass is 605 g/mol. The largest absolute Gasteiger partial charge is 0.497 e. The smallest absolute Gasteiger partial charge is 0.272 e. The van der Waals surface area contributed by atoms with Crippen molar-refractivity contribution in [2.24, 2.45) is 0 Å². The van der Waals surface area contributed by atoms with E-state index < -0.39 is 11.8 Å². The molecule has 0 atom stereocenters. The van der Waals surface area contributed by atoms with Gasteiger partial charge in [0, 0.05) is 21.8 Å². The number of thioether (sulfide) groups is 1. The first-order valence-electron chi connectivity index (χ1n) is 12.3. The predicted molar refractivity (Wildman–Crippen MR) is 166 cm³/mol. The standard InChI is InChI=1S/C31H25Cl2N3O4S/c1-40-24-13-10-20(11-14-24)16-28(36-30(38)21-6-3-2-4-7-21)31(39)35-22-8-5-9-25(17-22)41-19-29(37)34-23-12-15-26(32)27(33)18-23/h2-18H,19H2,1H3,(H,34,37)(H,35,39)(H,36,38)/b28-16+. The van der Waals surface area contributed by atoms with Crippen LogP contribution in [0.2, 0.25) is 10.0 Å². The van der Waals surface area contributed by atoms with Crippen molar-refractivity contribution in [3.63, 3.8) is 0 Å². The molecule has 0 radical (unpaired) electrons. The number of anilines is 2. The van der Waals surface area contributed by atoms with Crippen LogP contribution in [0.5, 0.6) is 5.75 Å². The summed E-state index contributed by atoms with van der Waals surface area (Å²) in [6, 6.07) is 27.6. The van der Waals surface area contributed by atoms with Gasteiger partial charge in [0.1, 0.15) is 11.4 Å². The second-order valence-electron chi connectivity index (χ2n) is 8.60. The molecule has 0 saturated heterocycles. The molecule has 0 spiro atoms. The number of benzene rings is 4. The molecule has 41 heavy (non-hydrogen) atoms. The van der Waals surface area contributed by atoms with Gasteiger partial charge in [0.2, 0.25) is 5.91 Å². The van der Waals surface area contributed by atoms with Gasteiger partial charge in [-0.3, -0.25) is 14.4 Å². The lowest BCUT2D eigenvalue weighted by Gasteiger charge is -2.12. The van der Waals surface area contributed by atoms with E-state index in [2.05, 4.69) is 16.0 Å². The molecular formula is C31H25Cl2N3O4S. The van der Waals surface area contributed by atoms with Crippen LogP contribution in [0.4, 0.5) is 11.4 Å². The van der Waals surface area contributed by atoms with Crippen LogP contribution < -0.4 is 20.7 Å². The van der Waals surface area contributed by atoms with Crippen molar-refractivity contribution in [1.29, 1.82) is 0 Å². The van der Waals surface area contributed by atoms with E-state index in [1.165, 1.54) is 11.8 Å². The van der Waals surface area contributed by atoms with Crippen molar-refractivity contribution in [2.75, 3.05) is 23.5 Å². The van der Waals surface area contributed by atoms with Crippen LogP contribution in [0.1, 0.15) is 15.9 Å². The van der Waals surface area contributed by atoms with E-state index in [-0.39, 0.29) is 17.4 Å². The molecule has 0 aliphatic rings. The molecule has 7 nitrogen and oxygen atoms in total. The maximum Gasteiger partial charge on any atom is 0.272 e. The van der Waals surface area contributed by atoms with Gasteiger partial charge in [0.25, 0.3) is 11.8 Å². The third kappa shape index (κ3) is 8.88. The van der Waals surface area contributed by atoms with Gasteiger partial charge in [-0.05, 0) is 72.3 Å². The zero-order chi connectivity index (χ0) is 29.2. The number of methoxy groups -OCH3 is 1. The fourth-order valence-electron chi connectivity index (χ4n) is 3.59. The number of hydrogen-bond acceptors (Lipinski definition) is 5. The van der Waals surface area contributed by atoms with Crippen molar-refractivity contribution in [2.45, 2.75) is 4.90 Å². The number of nitrogens with one attached hydrogen (secondary N) is 3. The molecule has 0 unspecified atom stereocenters. The van der Waals surface area contributed by atoms with Crippen molar-refractivity contribution in [3.05, 3.63) is 124 Å². The number of hydrogen-bond donors (Lipinski definition) is 3. The van der Waals surface area contributed by atoms with Crippen LogP contribution in [0, 0.1) is 0 Å². The lowest BCUT2D eigenvalue weighted by atomic mass is 10.1. The normalized spacial score (nSPS) is 11.0. The molecule has 4 rings (SSSR count). The highest BCUT2D eigenvalue weighted by Crippen LogP contribution is 2.26. The minimum absolute atomic E-state index is 0.0584. The van der Waals surface area contributed by atoms with Gasteiger partial charge in [0.05, 0.1) is 22.9 Å². The summed E-state index contributed by atoms with van der Waals surface area (Å²) in [6.07, 6.45) is 1.58. The molecule has 4 aromatic carbocycles. The molecular weight excluding hydrogens is 581 g/mol. The van der Waals surface area contributed by atoms with E-state index in [1.807, 2.05) is 6.07 Å². The highest BCUT2D eigenvalue weighted by atomic mass is 35.5. The van der Waals surface area contributed by atoms with Crippen LogP contribution >= 0.6 is 35.0 Å². The highest BCUT2D eigenvalue weighted by molar-refractivity contribution is 8.00. The van der Waals surface area contributed by atoms with Crippen LogP contribution in [-0.2, 0) is 9.59 Å². The highest BCUT2D eigenvalue weighted by Gasteiger charge is 2.16. The van der Waals surface area contributed by atoms with Crippen LogP contribution in [-0.4, -0.2) is 30.6 Å². The quantitative estimate of drug-likeness (QED) is 0.132. The first-order valence-corrected chi connectivity index (χ1v) is 14.1. The average molecular weight is 607 g/mol. The summed E-state index contributed by atoms with van der Waals surface area (Å²) in [7, 11) is 1.57. The summed E-state index contributed by atoms with van der Waals surface area (Å²) in [5, 5.41) is 9.08. The summed E-state index contributed by atoms with van der Waals surface area (Å²) >= 11 is 13.2. The molecule has 0 bridgehead atoms. The summed E-state index contributed by atoms with van der Waals surface area (Å²) in [6.45, 7) is 0. The van der Waals surface area contributed by atoms with Gasteiger partial charge in [-0.25, -0.2) is 0 Å². The lowest BCUT2D eigenvalue weighted by molar-refractivity contribution is -0.114. The van der Waals surface area contributed by atoms with Crippen molar-refractivity contribution >= 4 is 70.1 Å². The summed E-state index contributed by atoms with van der Waals surface area (Å²) in [5.41, 5.74) is 2.21. The number of halogens is 2. The number of carbonyl (C=O) groups excluding carboxylic acids is 3. The van der Waals surface area contributed by atoms with E-state index in [4.69, 9.17) is 27.9 Å². The molecule has 3 amide bonds. The molecule has 208 valence electrons. The van der Waals surface area contributed by atoms with Gasteiger partial charge in [-0.1, -0.05) is 59.6 Å². The van der Waals surface area contributed by atoms with E-state index in [0.717, 1.165) is 4.90 Å². The Balaban J connectivity index is 1.45. The zero-order valence-corrected chi connectivity index (χ0v) is 24.1. The fraction of sp³-hybridized carbons (Fsp3) is 0.0645. The van der Waals surface area contributed by atoms with Crippen molar-refractivity contribution in [3.8, 4) is 5.75 Å². The predicted octanol–water partition coefficient (Wildman–Crippen LogP) is 7.14. The molecule has 0 aliphatic carbocycles. The maximum atomic E-state index is 13.3. The first kappa shape index (κ1) is 29.7. The molecule has 0 heterocycles. The molecule has 3 N–H and O–H groups in total. The molecule has 0 aromatic heterocycles. The Hall–Kier alpha value is -4.24. The average Bonchev–Trinajstić information content (AvgIpc) is 2.98. The summed E-state index contributed by atoms with van der Waals surface area (Å²) in [5.74, 6) is -0.354.